The summed E-state index contributed by atoms with van der Waals surface area (Å²) in [4.78, 5) is 0. The van der Waals surface area contributed by atoms with Crippen molar-refractivity contribution in [3.63, 3.8) is 0 Å². The average molecular weight is 225 g/mol. The lowest BCUT2D eigenvalue weighted by molar-refractivity contribution is 1.01. The van der Waals surface area contributed by atoms with Crippen molar-refractivity contribution in [2.75, 3.05) is 11.9 Å². The summed E-state index contributed by atoms with van der Waals surface area (Å²) < 4.78 is 0. The minimum absolute atomic E-state index is 0.982. The number of anilines is 1. The summed E-state index contributed by atoms with van der Waals surface area (Å²) in [6.07, 6.45) is 1.06. The van der Waals surface area contributed by atoms with E-state index in [-0.39, 0.29) is 0 Å². The predicted octanol–water partition coefficient (Wildman–Crippen LogP) is 3.96. The number of hydrogen-bond acceptors (Lipinski definition) is 1. The van der Waals surface area contributed by atoms with E-state index in [0.29, 0.717) is 0 Å². The number of benzene rings is 2. The first-order valence-electron chi connectivity index (χ1n) is 6.11. The van der Waals surface area contributed by atoms with Gasteiger partial charge in [-0.2, -0.15) is 0 Å². The Kier molecular flexibility index (Phi) is 3.81. The molecule has 0 aliphatic heterocycles. The molecule has 0 atom stereocenters. The van der Waals surface area contributed by atoms with E-state index in [1.807, 2.05) is 0 Å². The Morgan fingerprint density at radius 2 is 1.47 bits per heavy atom. The van der Waals surface area contributed by atoms with Crippen molar-refractivity contribution in [2.24, 2.45) is 0 Å². The molecule has 0 spiro atoms. The fraction of sp³-hybridized carbons (Fsp3) is 0.250. The number of aryl methyl sites for hydroxylation is 2. The molecule has 2 rings (SSSR count). The van der Waals surface area contributed by atoms with E-state index >= 15 is 0 Å². The molecule has 0 saturated carbocycles. The molecule has 0 bridgehead atoms. The van der Waals surface area contributed by atoms with Crippen molar-refractivity contribution in [3.05, 3.63) is 65.2 Å². The van der Waals surface area contributed by atoms with Gasteiger partial charge in [-0.15, -0.1) is 0 Å². The molecule has 0 fully saturated rings. The lowest BCUT2D eigenvalue weighted by atomic mass is 10.1. The zero-order valence-corrected chi connectivity index (χ0v) is 10.5. The van der Waals surface area contributed by atoms with Crippen LogP contribution in [0.1, 0.15) is 16.7 Å². The minimum Gasteiger partial charge on any atom is -0.384 e. The summed E-state index contributed by atoms with van der Waals surface area (Å²) in [5, 5.41) is 3.53. The zero-order chi connectivity index (χ0) is 12.1. The van der Waals surface area contributed by atoms with Gasteiger partial charge in [0.2, 0.25) is 0 Å². The Bertz CT molecular complexity index is 454. The second-order valence-electron chi connectivity index (χ2n) is 4.43. The second kappa shape index (κ2) is 5.53. The maximum Gasteiger partial charge on any atom is 0.0399 e. The van der Waals surface area contributed by atoms with Crippen LogP contribution in [0.25, 0.3) is 0 Å². The largest absolute Gasteiger partial charge is 0.384 e. The first-order chi connectivity index (χ1) is 8.27. The van der Waals surface area contributed by atoms with Gasteiger partial charge in [-0.05, 0) is 37.0 Å². The molecule has 0 radical (unpaired) electrons. The van der Waals surface area contributed by atoms with Gasteiger partial charge in [0.15, 0.2) is 0 Å². The van der Waals surface area contributed by atoms with Crippen LogP contribution in [0.4, 0.5) is 5.69 Å². The molecule has 1 heteroatoms. The lowest BCUT2D eigenvalue weighted by Crippen LogP contribution is -2.07. The Hall–Kier alpha value is -1.76. The molecule has 0 heterocycles. The zero-order valence-electron chi connectivity index (χ0n) is 10.5. The van der Waals surface area contributed by atoms with E-state index in [0.717, 1.165) is 13.0 Å². The molecule has 2 aromatic carbocycles. The third-order valence-electron chi connectivity index (χ3n) is 3.04. The summed E-state index contributed by atoms with van der Waals surface area (Å²) in [7, 11) is 0. The van der Waals surface area contributed by atoms with Crippen molar-refractivity contribution in [1.29, 1.82) is 0 Å². The van der Waals surface area contributed by atoms with Gasteiger partial charge in [-0.25, -0.2) is 0 Å². The van der Waals surface area contributed by atoms with Crippen molar-refractivity contribution in [2.45, 2.75) is 20.3 Å². The quantitative estimate of drug-likeness (QED) is 0.830. The molecule has 0 aromatic heterocycles. The van der Waals surface area contributed by atoms with Gasteiger partial charge in [0.05, 0.1) is 0 Å². The molecule has 0 aliphatic rings. The molecule has 1 N–H and O–H groups in total. The number of nitrogens with one attached hydrogen (secondary N) is 1. The fourth-order valence-corrected chi connectivity index (χ4v) is 2.07. The van der Waals surface area contributed by atoms with Crippen LogP contribution in [0.15, 0.2) is 48.5 Å². The lowest BCUT2D eigenvalue weighted by Gasteiger charge is -2.12. The highest BCUT2D eigenvalue weighted by Gasteiger charge is 2.00. The molecule has 0 unspecified atom stereocenters. The number of hydrogen-bond donors (Lipinski definition) is 1. The standard InChI is InChI=1S/C16H19N/c1-13-7-6-8-14(2)16(13)17-12-11-15-9-4-3-5-10-15/h3-10,17H,11-12H2,1-2H3. The second-order valence-corrected chi connectivity index (χ2v) is 4.43. The molecule has 88 valence electrons. The first-order valence-corrected chi connectivity index (χ1v) is 6.11. The number of para-hydroxylation sites is 1. The Morgan fingerprint density at radius 1 is 0.824 bits per heavy atom. The van der Waals surface area contributed by atoms with E-state index in [1.54, 1.807) is 0 Å². The summed E-state index contributed by atoms with van der Waals surface area (Å²) in [6.45, 7) is 5.28. The van der Waals surface area contributed by atoms with Crippen LogP contribution >= 0.6 is 0 Å². The van der Waals surface area contributed by atoms with Gasteiger partial charge < -0.3 is 5.32 Å². The Labute approximate surface area is 103 Å². The molecule has 0 saturated heterocycles. The first kappa shape index (κ1) is 11.7. The fourth-order valence-electron chi connectivity index (χ4n) is 2.07. The van der Waals surface area contributed by atoms with E-state index in [9.17, 15) is 0 Å². The Morgan fingerprint density at radius 3 is 2.12 bits per heavy atom. The van der Waals surface area contributed by atoms with E-state index < -0.39 is 0 Å². The molecule has 0 amide bonds. The van der Waals surface area contributed by atoms with Gasteiger partial charge in [0.1, 0.15) is 0 Å². The highest BCUT2D eigenvalue weighted by atomic mass is 14.9. The van der Waals surface area contributed by atoms with Crippen LogP contribution in [0.5, 0.6) is 0 Å². The smallest absolute Gasteiger partial charge is 0.0399 e. The normalized spacial score (nSPS) is 10.2. The van der Waals surface area contributed by atoms with Crippen LogP contribution in [-0.2, 0) is 6.42 Å². The molecule has 0 aliphatic carbocycles. The molecule has 2 aromatic rings. The molecule has 17 heavy (non-hydrogen) atoms. The van der Waals surface area contributed by atoms with Gasteiger partial charge in [0.25, 0.3) is 0 Å². The van der Waals surface area contributed by atoms with Gasteiger partial charge in [0, 0.05) is 12.2 Å². The topological polar surface area (TPSA) is 12.0 Å². The maximum atomic E-state index is 3.53. The Balaban J connectivity index is 1.95. The van der Waals surface area contributed by atoms with Crippen molar-refractivity contribution >= 4 is 5.69 Å². The summed E-state index contributed by atoms with van der Waals surface area (Å²) in [5.74, 6) is 0. The van der Waals surface area contributed by atoms with Crippen molar-refractivity contribution < 1.29 is 0 Å². The van der Waals surface area contributed by atoms with Crippen LogP contribution in [-0.4, -0.2) is 6.54 Å². The predicted molar refractivity (Wildman–Crippen MR) is 74.6 cm³/mol. The minimum atomic E-state index is 0.982. The molecule has 1 nitrogen and oxygen atoms in total. The van der Waals surface area contributed by atoms with Crippen molar-refractivity contribution in [3.8, 4) is 0 Å². The number of rotatable bonds is 4. The highest BCUT2D eigenvalue weighted by molar-refractivity contribution is 5.56. The maximum absolute atomic E-state index is 3.53. The molecular weight excluding hydrogens is 206 g/mol. The van der Waals surface area contributed by atoms with E-state index in [4.69, 9.17) is 0 Å². The van der Waals surface area contributed by atoms with Crippen molar-refractivity contribution in [1.82, 2.24) is 0 Å². The summed E-state index contributed by atoms with van der Waals surface area (Å²) in [6, 6.07) is 17.0. The van der Waals surface area contributed by atoms with Crippen LogP contribution < -0.4 is 5.32 Å². The van der Waals surface area contributed by atoms with Crippen LogP contribution in [0, 0.1) is 13.8 Å². The van der Waals surface area contributed by atoms with E-state index in [2.05, 4.69) is 67.7 Å². The molecular formula is C16H19N. The van der Waals surface area contributed by atoms with Crippen LogP contribution in [0.3, 0.4) is 0 Å². The SMILES string of the molecule is Cc1cccc(C)c1NCCc1ccccc1. The summed E-state index contributed by atoms with van der Waals surface area (Å²) >= 11 is 0. The van der Waals surface area contributed by atoms with E-state index in [1.165, 1.54) is 22.4 Å². The van der Waals surface area contributed by atoms with Gasteiger partial charge in [-0.3, -0.25) is 0 Å². The van der Waals surface area contributed by atoms with Gasteiger partial charge in [-0.1, -0.05) is 48.5 Å². The third-order valence-corrected chi connectivity index (χ3v) is 3.04. The third kappa shape index (κ3) is 3.10. The van der Waals surface area contributed by atoms with Crippen LogP contribution in [0.2, 0.25) is 0 Å². The highest BCUT2D eigenvalue weighted by Crippen LogP contribution is 2.19. The monoisotopic (exact) mass is 225 g/mol. The summed E-state index contributed by atoms with van der Waals surface area (Å²) in [5.41, 5.74) is 5.30. The van der Waals surface area contributed by atoms with Gasteiger partial charge >= 0.3 is 0 Å². The average Bonchev–Trinajstić information content (AvgIpc) is 2.34.